The van der Waals surface area contributed by atoms with Gasteiger partial charge in [0.05, 0.1) is 40.5 Å². The molecule has 0 bridgehead atoms. The first-order valence-corrected chi connectivity index (χ1v) is 13.2. The minimum Gasteiger partial charge on any atom is -0.383 e. The Balaban J connectivity index is 1.46. The van der Waals surface area contributed by atoms with Gasteiger partial charge in [-0.1, -0.05) is 17.7 Å². The third kappa shape index (κ3) is 4.97. The topological polar surface area (TPSA) is 97.3 Å². The minimum absolute atomic E-state index is 0.00878. The van der Waals surface area contributed by atoms with Gasteiger partial charge in [-0.15, -0.1) is 0 Å². The number of pyridine rings is 1. The highest BCUT2D eigenvalue weighted by molar-refractivity contribution is 7.92. The summed E-state index contributed by atoms with van der Waals surface area (Å²) in [5.74, 6) is 0.262. The van der Waals surface area contributed by atoms with Crippen molar-refractivity contribution in [3.8, 4) is 11.1 Å². The Hall–Kier alpha value is -3.34. The molecule has 1 saturated heterocycles. The summed E-state index contributed by atoms with van der Waals surface area (Å²) in [5.41, 5.74) is 2.97. The fourth-order valence-corrected chi connectivity index (χ4v) is 5.58. The fraction of sp³-hybridized carbons (Fsp3) is 0.240. The van der Waals surface area contributed by atoms with Crippen LogP contribution in [0.15, 0.2) is 65.8 Å². The Bertz CT molecular complexity index is 1520. The van der Waals surface area contributed by atoms with E-state index in [0.717, 1.165) is 48.4 Å². The van der Waals surface area contributed by atoms with Crippen LogP contribution in [0.1, 0.15) is 12.8 Å². The van der Waals surface area contributed by atoms with Crippen molar-refractivity contribution in [2.24, 2.45) is 0 Å². The number of rotatable bonds is 7. The molecular weight excluding hydrogens is 505 g/mol. The zero-order valence-electron chi connectivity index (χ0n) is 19.4. The SMILES string of the molecule is COCC1CCCN1c1cnc2ccc(-c3cnc(Cl)c(NS(=O)(=O)c4ccc(F)cc4)c3)cc2n1. The molecule has 1 atom stereocenters. The number of anilines is 2. The number of benzene rings is 2. The molecular formula is C25H23ClFN5O3S. The predicted molar refractivity (Wildman–Crippen MR) is 137 cm³/mol. The monoisotopic (exact) mass is 527 g/mol. The molecule has 2 aromatic carbocycles. The standard InChI is InChI=1S/C25H23ClFN5O3S/c1-35-15-19-3-2-10-32(19)24-14-28-21-9-4-16(11-22(21)30-24)17-12-23(25(26)29-13-17)31-36(33,34)20-7-5-18(27)6-8-20/h4-9,11-14,19,31H,2-3,10,15H2,1H3. The highest BCUT2D eigenvalue weighted by Crippen LogP contribution is 2.31. The molecule has 1 aliphatic heterocycles. The third-order valence-electron chi connectivity index (χ3n) is 6.10. The summed E-state index contributed by atoms with van der Waals surface area (Å²) in [6.45, 7) is 1.53. The number of nitrogens with zero attached hydrogens (tertiary/aromatic N) is 4. The average molecular weight is 528 g/mol. The molecule has 186 valence electrons. The Labute approximate surface area is 213 Å². The van der Waals surface area contributed by atoms with Crippen LogP contribution in [0.2, 0.25) is 5.15 Å². The van der Waals surface area contributed by atoms with Crippen molar-refractivity contribution in [1.29, 1.82) is 0 Å². The molecule has 11 heteroatoms. The van der Waals surface area contributed by atoms with Gasteiger partial charge in [0.15, 0.2) is 5.15 Å². The number of hydrogen-bond donors (Lipinski definition) is 1. The van der Waals surface area contributed by atoms with E-state index in [2.05, 4.69) is 19.6 Å². The molecule has 5 rings (SSSR count). The van der Waals surface area contributed by atoms with E-state index in [-0.39, 0.29) is 21.8 Å². The van der Waals surface area contributed by atoms with Gasteiger partial charge in [-0.05, 0) is 60.9 Å². The second kappa shape index (κ2) is 9.96. The maximum absolute atomic E-state index is 13.2. The molecule has 0 amide bonds. The first kappa shape index (κ1) is 24.4. The van der Waals surface area contributed by atoms with E-state index in [9.17, 15) is 12.8 Å². The molecule has 2 aromatic heterocycles. The van der Waals surface area contributed by atoms with Crippen molar-refractivity contribution >= 4 is 44.2 Å². The average Bonchev–Trinajstić information content (AvgIpc) is 3.33. The lowest BCUT2D eigenvalue weighted by molar-refractivity contribution is 0.180. The van der Waals surface area contributed by atoms with Crippen molar-refractivity contribution in [2.45, 2.75) is 23.8 Å². The summed E-state index contributed by atoms with van der Waals surface area (Å²) in [5, 5.41) is -0.00878. The first-order valence-electron chi connectivity index (χ1n) is 11.3. The number of halogens is 2. The molecule has 4 aromatic rings. The van der Waals surface area contributed by atoms with Crippen LogP contribution in [0.5, 0.6) is 0 Å². The highest BCUT2D eigenvalue weighted by atomic mass is 35.5. The van der Waals surface area contributed by atoms with Crippen LogP contribution in [0.4, 0.5) is 15.9 Å². The lowest BCUT2D eigenvalue weighted by Gasteiger charge is -2.25. The number of ether oxygens (including phenoxy) is 1. The van der Waals surface area contributed by atoms with Gasteiger partial charge in [-0.2, -0.15) is 0 Å². The van der Waals surface area contributed by atoms with Gasteiger partial charge in [0.1, 0.15) is 11.6 Å². The number of aromatic nitrogens is 3. The van der Waals surface area contributed by atoms with Gasteiger partial charge in [0.2, 0.25) is 0 Å². The maximum atomic E-state index is 13.2. The van der Waals surface area contributed by atoms with Crippen molar-refractivity contribution in [3.05, 3.63) is 71.9 Å². The Morgan fingerprint density at radius 3 is 2.67 bits per heavy atom. The van der Waals surface area contributed by atoms with Crippen molar-refractivity contribution in [3.63, 3.8) is 0 Å². The van der Waals surface area contributed by atoms with E-state index >= 15 is 0 Å². The molecule has 3 heterocycles. The summed E-state index contributed by atoms with van der Waals surface area (Å²) in [7, 11) is -2.29. The van der Waals surface area contributed by atoms with Crippen molar-refractivity contribution < 1.29 is 17.5 Å². The molecule has 8 nitrogen and oxygen atoms in total. The minimum atomic E-state index is -3.99. The van der Waals surface area contributed by atoms with E-state index < -0.39 is 15.8 Å². The van der Waals surface area contributed by atoms with Crippen LogP contribution in [-0.4, -0.2) is 49.7 Å². The molecule has 1 aliphatic rings. The molecule has 36 heavy (non-hydrogen) atoms. The summed E-state index contributed by atoms with van der Waals surface area (Å²) in [6.07, 6.45) is 5.45. The van der Waals surface area contributed by atoms with Crippen LogP contribution in [0.25, 0.3) is 22.2 Å². The van der Waals surface area contributed by atoms with E-state index in [4.69, 9.17) is 21.3 Å². The highest BCUT2D eigenvalue weighted by Gasteiger charge is 2.26. The molecule has 1 fully saturated rings. The fourth-order valence-electron chi connectivity index (χ4n) is 4.32. The van der Waals surface area contributed by atoms with Gasteiger partial charge in [0.25, 0.3) is 10.0 Å². The molecule has 0 radical (unpaired) electrons. The smallest absolute Gasteiger partial charge is 0.261 e. The zero-order valence-corrected chi connectivity index (χ0v) is 20.9. The van der Waals surface area contributed by atoms with Crippen LogP contribution in [0.3, 0.4) is 0 Å². The number of nitrogens with one attached hydrogen (secondary N) is 1. The van der Waals surface area contributed by atoms with Gasteiger partial charge < -0.3 is 9.64 Å². The summed E-state index contributed by atoms with van der Waals surface area (Å²) in [4.78, 5) is 15.7. The molecule has 0 aliphatic carbocycles. The zero-order chi connectivity index (χ0) is 25.3. The first-order chi connectivity index (χ1) is 17.3. The van der Waals surface area contributed by atoms with E-state index in [1.807, 2.05) is 18.2 Å². The number of methoxy groups -OCH3 is 1. The normalized spacial score (nSPS) is 16.0. The third-order valence-corrected chi connectivity index (χ3v) is 7.78. The lowest BCUT2D eigenvalue weighted by Crippen LogP contribution is -2.33. The van der Waals surface area contributed by atoms with Crippen LogP contribution >= 0.6 is 11.6 Å². The maximum Gasteiger partial charge on any atom is 0.261 e. The lowest BCUT2D eigenvalue weighted by atomic mass is 10.1. The van der Waals surface area contributed by atoms with Gasteiger partial charge in [0, 0.05) is 25.4 Å². The number of hydrogen-bond acceptors (Lipinski definition) is 7. The van der Waals surface area contributed by atoms with Crippen molar-refractivity contribution in [2.75, 3.05) is 29.9 Å². The van der Waals surface area contributed by atoms with Gasteiger partial charge >= 0.3 is 0 Å². The van der Waals surface area contributed by atoms with Gasteiger partial charge in [-0.25, -0.2) is 22.8 Å². The second-order valence-electron chi connectivity index (χ2n) is 8.50. The largest absolute Gasteiger partial charge is 0.383 e. The quantitative estimate of drug-likeness (QED) is 0.341. The van der Waals surface area contributed by atoms with Crippen molar-refractivity contribution in [1.82, 2.24) is 15.0 Å². The van der Waals surface area contributed by atoms with Crippen LogP contribution < -0.4 is 9.62 Å². The summed E-state index contributed by atoms with van der Waals surface area (Å²) < 4.78 is 46.6. The molecule has 1 unspecified atom stereocenters. The Kier molecular flexibility index (Phi) is 6.74. The Morgan fingerprint density at radius 1 is 1.08 bits per heavy atom. The molecule has 1 N–H and O–H groups in total. The van der Waals surface area contributed by atoms with Gasteiger partial charge in [-0.3, -0.25) is 9.71 Å². The molecule has 0 spiro atoms. The summed E-state index contributed by atoms with van der Waals surface area (Å²) >= 11 is 6.19. The Morgan fingerprint density at radius 2 is 1.89 bits per heavy atom. The number of fused-ring (bicyclic) bond motifs is 1. The van der Waals surface area contributed by atoms with Crippen LogP contribution in [-0.2, 0) is 14.8 Å². The predicted octanol–water partition coefficient (Wildman–Crippen LogP) is 4.90. The van der Waals surface area contributed by atoms with E-state index in [1.54, 1.807) is 25.6 Å². The van der Waals surface area contributed by atoms with E-state index in [0.29, 0.717) is 17.7 Å². The van der Waals surface area contributed by atoms with E-state index in [1.165, 1.54) is 12.1 Å². The number of sulfonamides is 1. The second-order valence-corrected chi connectivity index (χ2v) is 10.5. The van der Waals surface area contributed by atoms with Crippen LogP contribution in [0, 0.1) is 5.82 Å². The molecule has 0 saturated carbocycles. The summed E-state index contributed by atoms with van der Waals surface area (Å²) in [6, 6.07) is 12.0.